The first kappa shape index (κ1) is 13.0. The van der Waals surface area contributed by atoms with Crippen molar-refractivity contribution in [1.82, 2.24) is 15.5 Å². The molecule has 3 N–H and O–H groups in total. The van der Waals surface area contributed by atoms with Gasteiger partial charge in [-0.25, -0.2) is 4.39 Å². The smallest absolute Gasteiger partial charge is 0.254 e. The molecule has 7 heteroatoms. The number of hydrogen-bond acceptors (Lipinski definition) is 5. The number of halogens is 1. The number of aryl methyl sites for hydroxylation is 1. The normalized spacial score (nSPS) is 10.4. The molecule has 0 fully saturated rings. The Morgan fingerprint density at radius 3 is 3.00 bits per heavy atom. The van der Waals surface area contributed by atoms with Crippen molar-refractivity contribution in [3.8, 4) is 0 Å². The third kappa shape index (κ3) is 3.27. The number of anilines is 1. The van der Waals surface area contributed by atoms with E-state index in [1.165, 1.54) is 12.1 Å². The van der Waals surface area contributed by atoms with Crippen LogP contribution >= 0.6 is 0 Å². The van der Waals surface area contributed by atoms with Gasteiger partial charge in [-0.05, 0) is 25.1 Å². The van der Waals surface area contributed by atoms with Gasteiger partial charge in [0.15, 0.2) is 5.82 Å². The number of nitrogens with one attached hydrogen (secondary N) is 1. The van der Waals surface area contributed by atoms with Crippen molar-refractivity contribution < 1.29 is 13.7 Å². The predicted molar refractivity (Wildman–Crippen MR) is 65.9 cm³/mol. The number of hydrogen-bond donors (Lipinski definition) is 2. The highest BCUT2D eigenvalue weighted by Crippen LogP contribution is 2.11. The first-order valence-corrected chi connectivity index (χ1v) is 5.68. The molecular weight excluding hydrogens is 251 g/mol. The van der Waals surface area contributed by atoms with Gasteiger partial charge in [-0.1, -0.05) is 5.16 Å². The maximum absolute atomic E-state index is 13.4. The van der Waals surface area contributed by atoms with Gasteiger partial charge < -0.3 is 15.6 Å². The lowest BCUT2D eigenvalue weighted by molar-refractivity contribution is 0.0949. The minimum Gasteiger partial charge on any atom is -0.399 e. The second-order valence-corrected chi connectivity index (χ2v) is 3.98. The first-order valence-electron chi connectivity index (χ1n) is 5.68. The van der Waals surface area contributed by atoms with Gasteiger partial charge in [-0.2, -0.15) is 4.98 Å². The largest absolute Gasteiger partial charge is 0.399 e. The lowest BCUT2D eigenvalue weighted by atomic mass is 10.1. The molecule has 0 unspecified atom stereocenters. The Hall–Kier alpha value is -2.44. The van der Waals surface area contributed by atoms with Gasteiger partial charge in [0.05, 0.1) is 5.56 Å². The van der Waals surface area contributed by atoms with Crippen molar-refractivity contribution in [2.24, 2.45) is 0 Å². The van der Waals surface area contributed by atoms with Crippen LogP contribution in [0.2, 0.25) is 0 Å². The molecule has 2 aromatic rings. The zero-order valence-electron chi connectivity index (χ0n) is 10.3. The lowest BCUT2D eigenvalue weighted by Crippen LogP contribution is -2.26. The Morgan fingerprint density at radius 1 is 1.53 bits per heavy atom. The second kappa shape index (κ2) is 5.47. The quantitative estimate of drug-likeness (QED) is 0.805. The number of nitrogens with two attached hydrogens (primary N) is 1. The molecule has 0 aliphatic rings. The Bertz CT molecular complexity index is 597. The summed E-state index contributed by atoms with van der Waals surface area (Å²) in [7, 11) is 0. The number of nitrogens with zero attached hydrogens (tertiary/aromatic N) is 2. The molecule has 0 bridgehead atoms. The van der Waals surface area contributed by atoms with E-state index >= 15 is 0 Å². The van der Waals surface area contributed by atoms with E-state index in [4.69, 9.17) is 10.3 Å². The maximum atomic E-state index is 13.4. The van der Waals surface area contributed by atoms with Gasteiger partial charge in [0.1, 0.15) is 5.82 Å². The van der Waals surface area contributed by atoms with Crippen molar-refractivity contribution in [3.05, 3.63) is 41.3 Å². The summed E-state index contributed by atoms with van der Waals surface area (Å²) >= 11 is 0. The fourth-order valence-electron chi connectivity index (χ4n) is 1.54. The van der Waals surface area contributed by atoms with E-state index in [0.717, 1.165) is 6.07 Å². The molecular formula is C12H13FN4O2. The van der Waals surface area contributed by atoms with Crippen LogP contribution in [-0.4, -0.2) is 22.6 Å². The molecule has 0 spiro atoms. The van der Waals surface area contributed by atoms with Gasteiger partial charge >= 0.3 is 0 Å². The minimum absolute atomic E-state index is 0.0818. The highest BCUT2D eigenvalue weighted by atomic mass is 19.1. The molecule has 0 aliphatic carbocycles. The van der Waals surface area contributed by atoms with Crippen LogP contribution in [-0.2, 0) is 6.42 Å². The van der Waals surface area contributed by atoms with Crippen molar-refractivity contribution in [2.45, 2.75) is 13.3 Å². The van der Waals surface area contributed by atoms with E-state index in [1.54, 1.807) is 6.92 Å². The predicted octanol–water partition coefficient (Wildman–Crippen LogP) is 1.07. The average Bonchev–Trinajstić information content (AvgIpc) is 2.78. The number of amides is 1. The summed E-state index contributed by atoms with van der Waals surface area (Å²) in [5.74, 6) is -0.185. The molecule has 6 nitrogen and oxygen atoms in total. The van der Waals surface area contributed by atoms with Gasteiger partial charge in [0, 0.05) is 18.7 Å². The molecule has 100 valence electrons. The van der Waals surface area contributed by atoms with Crippen LogP contribution in [0.15, 0.2) is 22.7 Å². The van der Waals surface area contributed by atoms with Gasteiger partial charge in [-0.15, -0.1) is 0 Å². The molecule has 0 radical (unpaired) electrons. The van der Waals surface area contributed by atoms with E-state index in [-0.39, 0.29) is 12.1 Å². The van der Waals surface area contributed by atoms with E-state index in [2.05, 4.69) is 15.5 Å². The van der Waals surface area contributed by atoms with E-state index < -0.39 is 11.7 Å². The number of rotatable bonds is 4. The molecule has 0 saturated heterocycles. The number of aromatic nitrogens is 2. The van der Waals surface area contributed by atoms with Crippen LogP contribution in [0.25, 0.3) is 0 Å². The first-order chi connectivity index (χ1) is 9.06. The summed E-state index contributed by atoms with van der Waals surface area (Å²) in [6, 6.07) is 3.85. The third-order valence-corrected chi connectivity index (χ3v) is 2.43. The van der Waals surface area contributed by atoms with E-state index in [0.29, 0.717) is 23.8 Å². The van der Waals surface area contributed by atoms with Crippen LogP contribution in [0.4, 0.5) is 10.1 Å². The molecule has 0 saturated carbocycles. The van der Waals surface area contributed by atoms with Gasteiger partial charge in [0.25, 0.3) is 5.91 Å². The molecule has 0 atom stereocenters. The number of carbonyl (C=O) groups excluding carboxylic acids is 1. The zero-order chi connectivity index (χ0) is 13.8. The molecule has 19 heavy (non-hydrogen) atoms. The van der Waals surface area contributed by atoms with E-state index in [9.17, 15) is 9.18 Å². The van der Waals surface area contributed by atoms with Crippen molar-refractivity contribution in [3.63, 3.8) is 0 Å². The van der Waals surface area contributed by atoms with Crippen LogP contribution < -0.4 is 11.1 Å². The second-order valence-electron chi connectivity index (χ2n) is 3.98. The minimum atomic E-state index is -0.611. The standard InChI is InChI=1S/C12H13FN4O2/c1-7-16-11(19-17-7)4-5-15-12(18)9-6-8(14)2-3-10(9)13/h2-3,6H,4-5,14H2,1H3,(H,15,18). The molecule has 1 heterocycles. The Kier molecular flexibility index (Phi) is 3.74. The fraction of sp³-hybridized carbons (Fsp3) is 0.250. The molecule has 1 aromatic carbocycles. The number of nitrogen functional groups attached to an aromatic ring is 1. The van der Waals surface area contributed by atoms with Crippen LogP contribution in [0.5, 0.6) is 0 Å². The van der Waals surface area contributed by atoms with Crippen molar-refractivity contribution in [2.75, 3.05) is 12.3 Å². The van der Waals surface area contributed by atoms with Gasteiger partial charge in [-0.3, -0.25) is 4.79 Å². The molecule has 2 rings (SSSR count). The van der Waals surface area contributed by atoms with Crippen molar-refractivity contribution in [1.29, 1.82) is 0 Å². The van der Waals surface area contributed by atoms with Crippen LogP contribution in [0.3, 0.4) is 0 Å². The maximum Gasteiger partial charge on any atom is 0.254 e. The monoisotopic (exact) mass is 264 g/mol. The average molecular weight is 264 g/mol. The summed E-state index contributed by atoms with van der Waals surface area (Å²) in [5.41, 5.74) is 5.76. The summed E-state index contributed by atoms with van der Waals surface area (Å²) < 4.78 is 18.3. The lowest BCUT2D eigenvalue weighted by Gasteiger charge is -2.05. The van der Waals surface area contributed by atoms with E-state index in [1.807, 2.05) is 0 Å². The zero-order valence-corrected chi connectivity index (χ0v) is 10.3. The topological polar surface area (TPSA) is 94.0 Å². The SMILES string of the molecule is Cc1noc(CCNC(=O)c2cc(N)ccc2F)n1. The van der Waals surface area contributed by atoms with Gasteiger partial charge in [0.2, 0.25) is 5.89 Å². The highest BCUT2D eigenvalue weighted by Gasteiger charge is 2.12. The summed E-state index contributed by atoms with van der Waals surface area (Å²) in [5, 5.41) is 6.19. The van der Waals surface area contributed by atoms with Crippen LogP contribution in [0.1, 0.15) is 22.1 Å². The summed E-state index contributed by atoms with van der Waals surface area (Å²) in [4.78, 5) is 15.7. The summed E-state index contributed by atoms with van der Waals surface area (Å²) in [6.07, 6.45) is 0.385. The fourth-order valence-corrected chi connectivity index (χ4v) is 1.54. The van der Waals surface area contributed by atoms with Crippen molar-refractivity contribution >= 4 is 11.6 Å². The number of benzene rings is 1. The Labute approximate surface area is 108 Å². The summed E-state index contributed by atoms with van der Waals surface area (Å²) in [6.45, 7) is 1.97. The third-order valence-electron chi connectivity index (χ3n) is 2.43. The number of carbonyl (C=O) groups is 1. The Morgan fingerprint density at radius 2 is 2.32 bits per heavy atom. The highest BCUT2D eigenvalue weighted by molar-refractivity contribution is 5.95. The molecule has 1 amide bonds. The van der Waals surface area contributed by atoms with Crippen LogP contribution in [0, 0.1) is 12.7 Å². The Balaban J connectivity index is 1.92. The molecule has 0 aliphatic heterocycles. The molecule has 1 aromatic heterocycles.